The maximum Gasteiger partial charge on any atom is 0.490 e. The summed E-state index contributed by atoms with van der Waals surface area (Å²) in [7, 11) is 4.11. The third-order valence-electron chi connectivity index (χ3n) is 10.6. The molecule has 2 saturated heterocycles. The van der Waals surface area contributed by atoms with Crippen LogP contribution >= 0.6 is 0 Å². The van der Waals surface area contributed by atoms with Gasteiger partial charge in [0.25, 0.3) is 11.8 Å². The number of carboxylic acid groups (broad SMARTS) is 1. The average molecular weight is 918 g/mol. The number of anilines is 2. The van der Waals surface area contributed by atoms with Crippen LogP contribution in [0.15, 0.2) is 48.9 Å². The number of methoxy groups -OCH3 is 2. The highest BCUT2D eigenvalue weighted by molar-refractivity contribution is 5.96. The second-order valence-corrected chi connectivity index (χ2v) is 15.2. The summed E-state index contributed by atoms with van der Waals surface area (Å²) in [4.78, 5) is 53.2. The zero-order valence-electron chi connectivity index (χ0n) is 35.3. The lowest BCUT2D eigenvalue weighted by molar-refractivity contribution is -0.907. The minimum absolute atomic E-state index is 0.0446. The number of hydrogen-bond acceptors (Lipinski definition) is 10. The van der Waals surface area contributed by atoms with Crippen molar-refractivity contribution in [2.45, 2.75) is 45.0 Å². The minimum Gasteiger partial charge on any atom is -0.494 e. The van der Waals surface area contributed by atoms with E-state index >= 15 is 0 Å². The minimum atomic E-state index is -5.08. The molecule has 4 heterocycles. The van der Waals surface area contributed by atoms with Gasteiger partial charge in [-0.15, -0.1) is 0 Å². The van der Waals surface area contributed by atoms with Gasteiger partial charge in [0.1, 0.15) is 0 Å². The zero-order chi connectivity index (χ0) is 47.4. The molecular weight excluding hydrogens is 868 g/mol. The number of fused-ring (bicyclic) bond motifs is 1. The van der Waals surface area contributed by atoms with Crippen LogP contribution in [0.3, 0.4) is 0 Å². The summed E-state index contributed by atoms with van der Waals surface area (Å²) in [6.07, 6.45) is -1.62. The molecule has 2 amide bonds. The van der Waals surface area contributed by atoms with E-state index in [1.54, 1.807) is 22.9 Å². The lowest BCUT2D eigenvalue weighted by atomic mass is 9.94. The van der Waals surface area contributed by atoms with Crippen LogP contribution < -0.4 is 26.0 Å². The number of carboxylic acids is 1. The Labute approximate surface area is 362 Å². The molecule has 15 nitrogen and oxygen atoms in total. The van der Waals surface area contributed by atoms with Gasteiger partial charge < -0.3 is 40.3 Å². The molecule has 1 atom stereocenters. The standard InChI is InChI=1S/C36H44F2N8O3.C3H3F3O2.C2HF3O2/c1-4-25-17-26(44-34-35-42-21-29(45(35)14-13-40-34)28-7-8-30(49-3)33(38)32(28)37)5-6-27(25)36(48)43-19-23-10-15-46(2,16-11-23)22-31(47)41-20-24-9-12-39-18-24;1-8-2(7)3(4,5)6;3-2(4,5)1(6)7/h5-8,13-14,17,21,23-24,39H,4,9-12,15-16,18-20,22H2,1-3H3,(H2-,40,41,43,44,47,48);1H3;(H,6,7)/p+1. The summed E-state index contributed by atoms with van der Waals surface area (Å²) in [5.41, 5.74) is 3.04. The normalized spacial score (nSPS) is 18.4. The smallest absolute Gasteiger partial charge is 0.490 e. The SMILES string of the molecule is CCc1cc(Nc2nccn3c(-c4ccc(OC)c(F)c4F)cnc23)ccc1C(=O)NCC1CC[N+](C)(CC(=O)NCC2CCNC2)CC1.COC(=O)C(F)(F)F.O=C(O)C(F)(F)F. The van der Waals surface area contributed by atoms with Crippen LogP contribution in [0.25, 0.3) is 16.9 Å². The van der Waals surface area contributed by atoms with E-state index in [2.05, 4.69) is 43.0 Å². The Morgan fingerprint density at radius 2 is 1.59 bits per heavy atom. The maximum atomic E-state index is 14.9. The number of piperidine rings is 1. The topological polar surface area (TPSA) is 185 Å². The number of amides is 2. The Hall–Kier alpha value is -6.10. The zero-order valence-corrected chi connectivity index (χ0v) is 35.3. The number of alkyl halides is 6. The van der Waals surface area contributed by atoms with Crippen molar-refractivity contribution in [1.29, 1.82) is 0 Å². The van der Waals surface area contributed by atoms with Crippen molar-refractivity contribution in [1.82, 2.24) is 30.3 Å². The summed E-state index contributed by atoms with van der Waals surface area (Å²) in [5, 5.41) is 20.0. The van der Waals surface area contributed by atoms with Crippen molar-refractivity contribution in [2.24, 2.45) is 11.8 Å². The number of likely N-dealkylation sites (tertiary alicyclic amines) is 1. The second-order valence-electron chi connectivity index (χ2n) is 15.2. The molecule has 2 aliphatic heterocycles. The third kappa shape index (κ3) is 13.7. The van der Waals surface area contributed by atoms with E-state index in [9.17, 15) is 49.5 Å². The van der Waals surface area contributed by atoms with Crippen molar-refractivity contribution in [3.05, 3.63) is 71.7 Å². The monoisotopic (exact) mass is 917 g/mol. The van der Waals surface area contributed by atoms with Gasteiger partial charge in [-0.25, -0.2) is 23.9 Å². The molecule has 23 heteroatoms. The van der Waals surface area contributed by atoms with Crippen LogP contribution in [-0.2, 0) is 25.5 Å². The highest BCUT2D eigenvalue weighted by Crippen LogP contribution is 2.32. The molecule has 1 unspecified atom stereocenters. The second kappa shape index (κ2) is 22.0. The number of quaternary nitrogens is 1. The predicted molar refractivity (Wildman–Crippen MR) is 216 cm³/mol. The fourth-order valence-electron chi connectivity index (χ4n) is 7.02. The van der Waals surface area contributed by atoms with Gasteiger partial charge in [0, 0.05) is 55.1 Å². The molecule has 350 valence electrons. The first-order valence-electron chi connectivity index (χ1n) is 19.9. The van der Waals surface area contributed by atoms with Crippen molar-refractivity contribution in [3.63, 3.8) is 0 Å². The first-order chi connectivity index (χ1) is 30.1. The van der Waals surface area contributed by atoms with Gasteiger partial charge in [-0.1, -0.05) is 6.92 Å². The largest absolute Gasteiger partial charge is 0.494 e. The number of esters is 1. The molecule has 0 spiro atoms. The molecule has 4 aromatic rings. The average Bonchev–Trinajstić information content (AvgIpc) is 3.94. The van der Waals surface area contributed by atoms with Gasteiger partial charge in [-0.05, 0) is 73.7 Å². The third-order valence-corrected chi connectivity index (χ3v) is 10.6. The number of imidazole rings is 1. The van der Waals surface area contributed by atoms with Crippen molar-refractivity contribution in [3.8, 4) is 17.0 Å². The molecule has 2 aliphatic rings. The molecule has 2 aromatic heterocycles. The number of likely N-dealkylation sites (N-methyl/N-ethyl adjacent to an activating group) is 1. The number of ether oxygens (including phenoxy) is 2. The lowest BCUT2D eigenvalue weighted by Crippen LogP contribution is -2.55. The summed E-state index contributed by atoms with van der Waals surface area (Å²) in [6, 6.07) is 8.37. The summed E-state index contributed by atoms with van der Waals surface area (Å²) >= 11 is 0. The van der Waals surface area contributed by atoms with Crippen molar-refractivity contribution in [2.75, 3.05) is 72.4 Å². The number of aryl methyl sites for hydroxylation is 1. The Bertz CT molecular complexity index is 2260. The van der Waals surface area contributed by atoms with Gasteiger partial charge in [-0.3, -0.25) is 14.0 Å². The number of halogens is 8. The summed E-state index contributed by atoms with van der Waals surface area (Å²) in [5.74, 6) is -5.87. The van der Waals surface area contributed by atoms with Crippen LogP contribution in [0.1, 0.15) is 42.1 Å². The van der Waals surface area contributed by atoms with E-state index in [0.29, 0.717) is 66.9 Å². The quantitative estimate of drug-likeness (QED) is 0.0672. The molecule has 2 fully saturated rings. The van der Waals surface area contributed by atoms with E-state index in [0.717, 1.165) is 62.0 Å². The number of carbonyl (C=O) groups is 4. The number of rotatable bonds is 12. The fourth-order valence-corrected chi connectivity index (χ4v) is 7.02. The number of nitrogens with one attached hydrogen (secondary N) is 4. The Balaban J connectivity index is 0.000000513. The first kappa shape index (κ1) is 50.5. The van der Waals surface area contributed by atoms with Gasteiger partial charge in [0.05, 0.1) is 46.2 Å². The molecule has 64 heavy (non-hydrogen) atoms. The number of aliphatic carboxylic acids is 1. The highest BCUT2D eigenvalue weighted by atomic mass is 19.4. The Kier molecular flexibility index (Phi) is 17.4. The molecule has 0 radical (unpaired) electrons. The number of carbonyl (C=O) groups excluding carboxylic acids is 3. The molecule has 0 aliphatic carbocycles. The van der Waals surface area contributed by atoms with Crippen molar-refractivity contribution < 1.29 is 73.4 Å². The number of aromatic nitrogens is 3. The lowest BCUT2D eigenvalue weighted by Gasteiger charge is -2.40. The van der Waals surface area contributed by atoms with Crippen LogP contribution in [0.2, 0.25) is 0 Å². The van der Waals surface area contributed by atoms with E-state index < -0.39 is 35.9 Å². The molecular formula is C41H49F8N8O7+. The molecule has 0 saturated carbocycles. The summed E-state index contributed by atoms with van der Waals surface area (Å²) < 4.78 is 105. The van der Waals surface area contributed by atoms with Gasteiger partial charge >= 0.3 is 24.3 Å². The van der Waals surface area contributed by atoms with Gasteiger partial charge in [0.15, 0.2) is 29.6 Å². The number of nitrogens with zero attached hydrogens (tertiary/aromatic N) is 4. The molecule has 0 bridgehead atoms. The Morgan fingerprint density at radius 1 is 0.922 bits per heavy atom. The van der Waals surface area contributed by atoms with Crippen LogP contribution in [0.5, 0.6) is 5.75 Å². The fraction of sp³-hybridized carbons (Fsp3) is 0.463. The van der Waals surface area contributed by atoms with E-state index in [1.165, 1.54) is 25.4 Å². The Morgan fingerprint density at radius 3 is 2.16 bits per heavy atom. The van der Waals surface area contributed by atoms with E-state index in [4.69, 9.17) is 14.6 Å². The number of hydrogen-bond donors (Lipinski definition) is 5. The van der Waals surface area contributed by atoms with Crippen LogP contribution in [0, 0.1) is 23.5 Å². The molecule has 5 N–H and O–H groups in total. The number of benzene rings is 2. The van der Waals surface area contributed by atoms with E-state index in [1.807, 2.05) is 19.1 Å². The van der Waals surface area contributed by atoms with Crippen LogP contribution in [-0.4, -0.2) is 127 Å². The highest BCUT2D eigenvalue weighted by Gasteiger charge is 2.40. The summed E-state index contributed by atoms with van der Waals surface area (Å²) in [6.45, 7) is 7.64. The van der Waals surface area contributed by atoms with Gasteiger partial charge in [-0.2, -0.15) is 30.7 Å². The molecule has 6 rings (SSSR count). The first-order valence-corrected chi connectivity index (χ1v) is 19.9. The maximum absolute atomic E-state index is 14.9. The predicted octanol–water partition coefficient (Wildman–Crippen LogP) is 5.66. The van der Waals surface area contributed by atoms with Crippen molar-refractivity contribution >= 4 is 40.9 Å². The van der Waals surface area contributed by atoms with E-state index in [-0.39, 0.29) is 23.1 Å². The van der Waals surface area contributed by atoms with Gasteiger partial charge in [0.2, 0.25) is 5.82 Å². The van der Waals surface area contributed by atoms with Crippen LogP contribution in [0.4, 0.5) is 46.6 Å². The molecule has 2 aromatic carbocycles.